The standard InChI is InChI=1S/C16H30N4O2/c1-10(2)19-15(21)22-12-7-6-11(8-12)13(17)9-14(18)20-16(3,4)5/h9-12H,6-8,17H2,1-5H3,(H2,18,20)(H,19,21)/b13-9-/t11-,12+/m0/s1. The molecule has 1 amide bonds. The van der Waals surface area contributed by atoms with Crippen molar-refractivity contribution in [1.29, 1.82) is 0 Å². The van der Waals surface area contributed by atoms with Gasteiger partial charge >= 0.3 is 6.09 Å². The fraction of sp³-hybridized carbons (Fsp3) is 0.750. The van der Waals surface area contributed by atoms with E-state index in [2.05, 4.69) is 10.3 Å². The molecule has 1 fully saturated rings. The molecular weight excluding hydrogens is 280 g/mol. The molecule has 0 unspecified atom stereocenters. The van der Waals surface area contributed by atoms with Gasteiger partial charge in [-0.2, -0.15) is 0 Å². The molecule has 0 aromatic carbocycles. The molecule has 0 heterocycles. The van der Waals surface area contributed by atoms with Crippen LogP contribution in [0.4, 0.5) is 4.79 Å². The van der Waals surface area contributed by atoms with Crippen LogP contribution in [0, 0.1) is 5.92 Å². The molecule has 5 N–H and O–H groups in total. The van der Waals surface area contributed by atoms with Gasteiger partial charge < -0.3 is 21.5 Å². The number of nitrogens with one attached hydrogen (secondary N) is 1. The van der Waals surface area contributed by atoms with E-state index in [4.69, 9.17) is 16.2 Å². The van der Waals surface area contributed by atoms with Crippen LogP contribution >= 0.6 is 0 Å². The zero-order chi connectivity index (χ0) is 16.9. The summed E-state index contributed by atoms with van der Waals surface area (Å²) in [5, 5.41) is 2.73. The summed E-state index contributed by atoms with van der Waals surface area (Å²) < 4.78 is 5.39. The average molecular weight is 310 g/mol. The normalized spacial score (nSPS) is 23.7. The van der Waals surface area contributed by atoms with Gasteiger partial charge in [0, 0.05) is 17.7 Å². The van der Waals surface area contributed by atoms with Crippen molar-refractivity contribution >= 4 is 11.9 Å². The first-order chi connectivity index (χ1) is 10.1. The predicted octanol–water partition coefficient (Wildman–Crippen LogP) is 2.29. The van der Waals surface area contributed by atoms with Crippen molar-refractivity contribution in [2.75, 3.05) is 0 Å². The van der Waals surface area contributed by atoms with Crippen molar-refractivity contribution in [1.82, 2.24) is 5.32 Å². The van der Waals surface area contributed by atoms with Crippen LogP contribution in [-0.2, 0) is 4.74 Å². The van der Waals surface area contributed by atoms with Gasteiger partial charge in [0.1, 0.15) is 11.9 Å². The molecule has 1 saturated carbocycles. The number of aliphatic imine (C=N–C) groups is 1. The smallest absolute Gasteiger partial charge is 0.407 e. The molecule has 6 nitrogen and oxygen atoms in total. The third-order valence-electron chi connectivity index (χ3n) is 3.32. The van der Waals surface area contributed by atoms with Crippen LogP contribution in [-0.4, -0.2) is 29.6 Å². The van der Waals surface area contributed by atoms with Crippen molar-refractivity contribution in [3.8, 4) is 0 Å². The van der Waals surface area contributed by atoms with Crippen LogP contribution in [0.1, 0.15) is 53.9 Å². The Labute approximate surface area is 133 Å². The highest BCUT2D eigenvalue weighted by atomic mass is 16.6. The van der Waals surface area contributed by atoms with Crippen molar-refractivity contribution in [2.24, 2.45) is 22.4 Å². The van der Waals surface area contributed by atoms with Crippen molar-refractivity contribution in [3.05, 3.63) is 11.8 Å². The SMILES string of the molecule is CC(C)NC(=O)O[C@@H]1CC[C@H](/C(N)=C/C(N)=NC(C)(C)C)C1. The molecule has 1 aliphatic rings. The van der Waals surface area contributed by atoms with E-state index in [1.807, 2.05) is 34.6 Å². The van der Waals surface area contributed by atoms with Crippen molar-refractivity contribution in [3.63, 3.8) is 0 Å². The topological polar surface area (TPSA) is 103 Å². The lowest BCUT2D eigenvalue weighted by molar-refractivity contribution is 0.0975. The number of amidine groups is 1. The van der Waals surface area contributed by atoms with E-state index in [0.717, 1.165) is 19.3 Å². The number of allylic oxidation sites excluding steroid dienone is 1. The van der Waals surface area contributed by atoms with Gasteiger partial charge in [0.15, 0.2) is 0 Å². The third kappa shape index (κ3) is 6.83. The Kier molecular flexibility index (Phi) is 6.26. The van der Waals surface area contributed by atoms with Gasteiger partial charge in [-0.15, -0.1) is 0 Å². The Morgan fingerprint density at radius 3 is 2.50 bits per heavy atom. The molecule has 6 heteroatoms. The molecule has 0 spiro atoms. The monoisotopic (exact) mass is 310 g/mol. The van der Waals surface area contributed by atoms with Gasteiger partial charge in [-0.05, 0) is 60.0 Å². The second kappa shape index (κ2) is 7.51. The number of carbonyl (C=O) groups excluding carboxylic acids is 1. The molecule has 126 valence electrons. The second-order valence-electron chi connectivity index (χ2n) is 7.19. The lowest BCUT2D eigenvalue weighted by Gasteiger charge is -2.16. The Morgan fingerprint density at radius 2 is 1.95 bits per heavy atom. The number of carbonyl (C=O) groups is 1. The summed E-state index contributed by atoms with van der Waals surface area (Å²) in [5.74, 6) is 0.623. The number of nitrogens with zero attached hydrogens (tertiary/aromatic N) is 1. The molecule has 22 heavy (non-hydrogen) atoms. The van der Waals surface area contributed by atoms with Crippen LogP contribution in [0.2, 0.25) is 0 Å². The van der Waals surface area contributed by atoms with Crippen LogP contribution in [0.25, 0.3) is 0 Å². The molecule has 0 aromatic heterocycles. The van der Waals surface area contributed by atoms with Gasteiger partial charge in [0.05, 0.1) is 5.54 Å². The summed E-state index contributed by atoms with van der Waals surface area (Å²) >= 11 is 0. The molecule has 0 aliphatic heterocycles. The number of hydrogen-bond acceptors (Lipinski definition) is 4. The number of hydrogen-bond donors (Lipinski definition) is 3. The average Bonchev–Trinajstić information content (AvgIpc) is 2.73. The zero-order valence-corrected chi connectivity index (χ0v) is 14.3. The minimum absolute atomic E-state index is 0.0723. The summed E-state index contributed by atoms with van der Waals surface area (Å²) in [7, 11) is 0. The Hall–Kier alpha value is -1.72. The number of ether oxygens (including phenoxy) is 1. The summed E-state index contributed by atoms with van der Waals surface area (Å²) in [5.41, 5.74) is 12.5. The highest BCUT2D eigenvalue weighted by molar-refractivity contribution is 5.92. The number of rotatable bonds is 4. The molecule has 0 bridgehead atoms. The van der Waals surface area contributed by atoms with E-state index in [9.17, 15) is 4.79 Å². The second-order valence-corrected chi connectivity index (χ2v) is 7.19. The number of alkyl carbamates (subject to hydrolysis) is 1. The maximum absolute atomic E-state index is 11.6. The highest BCUT2D eigenvalue weighted by Crippen LogP contribution is 2.31. The minimum atomic E-state index is -0.364. The lowest BCUT2D eigenvalue weighted by Crippen LogP contribution is -2.33. The van der Waals surface area contributed by atoms with Crippen LogP contribution in [0.3, 0.4) is 0 Å². The molecule has 0 radical (unpaired) electrons. The zero-order valence-electron chi connectivity index (χ0n) is 14.3. The molecule has 1 aliphatic carbocycles. The molecular formula is C16H30N4O2. The van der Waals surface area contributed by atoms with E-state index in [-0.39, 0.29) is 29.7 Å². The van der Waals surface area contributed by atoms with Crippen LogP contribution in [0.5, 0.6) is 0 Å². The largest absolute Gasteiger partial charge is 0.446 e. The summed E-state index contributed by atoms with van der Waals surface area (Å²) in [6.45, 7) is 9.75. The van der Waals surface area contributed by atoms with E-state index in [0.29, 0.717) is 11.5 Å². The molecule has 0 aromatic rings. The molecule has 0 saturated heterocycles. The Balaban J connectivity index is 2.55. The number of amides is 1. The lowest BCUT2D eigenvalue weighted by atomic mass is 10.0. The van der Waals surface area contributed by atoms with Crippen molar-refractivity contribution in [2.45, 2.75) is 71.6 Å². The van der Waals surface area contributed by atoms with Gasteiger partial charge in [0.25, 0.3) is 0 Å². The first-order valence-corrected chi connectivity index (χ1v) is 7.86. The van der Waals surface area contributed by atoms with Crippen LogP contribution < -0.4 is 16.8 Å². The van der Waals surface area contributed by atoms with E-state index < -0.39 is 0 Å². The maximum atomic E-state index is 11.6. The van der Waals surface area contributed by atoms with Gasteiger partial charge in [0.2, 0.25) is 0 Å². The Bertz CT molecular complexity index is 450. The minimum Gasteiger partial charge on any atom is -0.446 e. The first-order valence-electron chi connectivity index (χ1n) is 7.86. The molecule has 2 atom stereocenters. The quantitative estimate of drug-likeness (QED) is 0.547. The van der Waals surface area contributed by atoms with Gasteiger partial charge in [-0.1, -0.05) is 0 Å². The van der Waals surface area contributed by atoms with Crippen LogP contribution in [0.15, 0.2) is 16.8 Å². The molecule has 1 rings (SSSR count). The summed E-state index contributed by atoms with van der Waals surface area (Å²) in [4.78, 5) is 16.0. The van der Waals surface area contributed by atoms with E-state index in [1.54, 1.807) is 6.08 Å². The van der Waals surface area contributed by atoms with Gasteiger partial charge in [-0.3, -0.25) is 4.99 Å². The van der Waals surface area contributed by atoms with E-state index >= 15 is 0 Å². The first kappa shape index (κ1) is 18.3. The maximum Gasteiger partial charge on any atom is 0.407 e. The summed E-state index contributed by atoms with van der Waals surface area (Å²) in [6, 6.07) is 0.0723. The fourth-order valence-corrected chi connectivity index (χ4v) is 2.48. The van der Waals surface area contributed by atoms with E-state index in [1.165, 1.54) is 0 Å². The number of nitrogens with two attached hydrogens (primary N) is 2. The van der Waals surface area contributed by atoms with Crippen molar-refractivity contribution < 1.29 is 9.53 Å². The highest BCUT2D eigenvalue weighted by Gasteiger charge is 2.29. The van der Waals surface area contributed by atoms with Gasteiger partial charge in [-0.25, -0.2) is 4.79 Å². The fourth-order valence-electron chi connectivity index (χ4n) is 2.48. The summed E-state index contributed by atoms with van der Waals surface area (Å²) in [6.07, 6.45) is 3.73. The predicted molar refractivity (Wildman–Crippen MR) is 89.5 cm³/mol. The third-order valence-corrected chi connectivity index (χ3v) is 3.32. The Morgan fingerprint density at radius 1 is 1.32 bits per heavy atom.